The summed E-state index contributed by atoms with van der Waals surface area (Å²) in [5.74, 6) is -0.947. The fraction of sp³-hybridized carbons (Fsp3) is 0.467. The Morgan fingerprint density at radius 1 is 1.11 bits per heavy atom. The molecule has 0 fully saturated rings. The summed E-state index contributed by atoms with van der Waals surface area (Å²) >= 11 is 0. The van der Waals surface area contributed by atoms with Crippen LogP contribution in [0.2, 0.25) is 0 Å². The quantitative estimate of drug-likeness (QED) is 0.467. The van der Waals surface area contributed by atoms with Gasteiger partial charge in [-0.2, -0.15) is 0 Å². The maximum absolute atomic E-state index is 11.6. The molecule has 0 aliphatic carbocycles. The highest BCUT2D eigenvalue weighted by molar-refractivity contribution is 6.40. The molecule has 1 aromatic rings. The minimum Gasteiger partial charge on any atom is -0.463 e. The number of ketones is 1. The van der Waals surface area contributed by atoms with Crippen molar-refractivity contribution in [3.8, 4) is 0 Å². The second kappa shape index (κ2) is 5.34. The Morgan fingerprint density at radius 2 is 1.61 bits per heavy atom. The minimum absolute atomic E-state index is 0.0346. The average molecular weight is 248 g/mol. The molecule has 0 saturated heterocycles. The first kappa shape index (κ1) is 14.4. The van der Waals surface area contributed by atoms with Crippen LogP contribution in [0, 0.1) is 5.92 Å². The highest BCUT2D eigenvalue weighted by Gasteiger charge is 2.25. The van der Waals surface area contributed by atoms with Gasteiger partial charge in [-0.15, -0.1) is 0 Å². The van der Waals surface area contributed by atoms with Gasteiger partial charge in [0.05, 0.1) is 7.11 Å². The molecule has 0 unspecified atom stereocenters. The normalized spacial score (nSPS) is 11.4. The van der Waals surface area contributed by atoms with Crippen molar-refractivity contribution in [1.82, 2.24) is 0 Å². The summed E-state index contributed by atoms with van der Waals surface area (Å²) in [5.41, 5.74) is 1.55. The predicted octanol–water partition coefficient (Wildman–Crippen LogP) is 2.98. The van der Waals surface area contributed by atoms with Gasteiger partial charge in [-0.3, -0.25) is 4.79 Å². The molecule has 0 amide bonds. The maximum atomic E-state index is 11.6. The van der Waals surface area contributed by atoms with Crippen molar-refractivity contribution in [2.75, 3.05) is 7.11 Å². The summed E-state index contributed by atoms with van der Waals surface area (Å²) in [6.07, 6.45) is 0. The summed E-state index contributed by atoms with van der Waals surface area (Å²) in [4.78, 5) is 22.7. The highest BCUT2D eigenvalue weighted by Crippen LogP contribution is 2.31. The SMILES string of the molecule is COC(=O)C(=O)c1ccc(C(C)(C)C(C)C)cc1. The first-order valence-corrected chi connectivity index (χ1v) is 6.04. The lowest BCUT2D eigenvalue weighted by Gasteiger charge is -2.30. The van der Waals surface area contributed by atoms with Crippen molar-refractivity contribution in [3.05, 3.63) is 35.4 Å². The molecule has 0 radical (unpaired) electrons. The number of carbonyl (C=O) groups excluding carboxylic acids is 2. The minimum atomic E-state index is -0.828. The van der Waals surface area contributed by atoms with Gasteiger partial charge in [-0.05, 0) is 16.9 Å². The molecule has 18 heavy (non-hydrogen) atoms. The largest absolute Gasteiger partial charge is 0.463 e. The van der Waals surface area contributed by atoms with Crippen molar-refractivity contribution < 1.29 is 14.3 Å². The maximum Gasteiger partial charge on any atom is 0.379 e. The number of ether oxygens (including phenoxy) is 1. The molecule has 98 valence electrons. The molecule has 0 spiro atoms. The molecule has 3 nitrogen and oxygen atoms in total. The van der Waals surface area contributed by atoms with Crippen LogP contribution in [-0.4, -0.2) is 18.9 Å². The molecule has 3 heteroatoms. The van der Waals surface area contributed by atoms with E-state index in [-0.39, 0.29) is 5.41 Å². The van der Waals surface area contributed by atoms with E-state index >= 15 is 0 Å². The van der Waals surface area contributed by atoms with Crippen LogP contribution in [0.25, 0.3) is 0 Å². The smallest absolute Gasteiger partial charge is 0.379 e. The fourth-order valence-electron chi connectivity index (χ4n) is 1.60. The van der Waals surface area contributed by atoms with Crippen LogP contribution in [0.5, 0.6) is 0 Å². The van der Waals surface area contributed by atoms with Crippen molar-refractivity contribution in [1.29, 1.82) is 0 Å². The molecule has 1 rings (SSSR count). The van der Waals surface area contributed by atoms with Crippen LogP contribution in [0.4, 0.5) is 0 Å². The van der Waals surface area contributed by atoms with Crippen LogP contribution in [0.1, 0.15) is 43.6 Å². The molecule has 0 aliphatic rings. The molecule has 1 aromatic carbocycles. The zero-order valence-corrected chi connectivity index (χ0v) is 11.6. The third kappa shape index (κ3) is 2.78. The van der Waals surface area contributed by atoms with Crippen LogP contribution in [-0.2, 0) is 14.9 Å². The molecule has 0 atom stereocenters. The first-order valence-electron chi connectivity index (χ1n) is 6.04. The molecule has 0 saturated carbocycles. The Kier molecular flexibility index (Phi) is 4.28. The third-order valence-electron chi connectivity index (χ3n) is 3.71. The lowest BCUT2D eigenvalue weighted by Crippen LogP contribution is -2.24. The molecule has 0 aromatic heterocycles. The highest BCUT2D eigenvalue weighted by atomic mass is 16.5. The Morgan fingerprint density at radius 3 is 2.00 bits per heavy atom. The van der Waals surface area contributed by atoms with E-state index in [1.807, 2.05) is 12.1 Å². The van der Waals surface area contributed by atoms with Gasteiger partial charge in [0, 0.05) is 5.56 Å². The van der Waals surface area contributed by atoms with Gasteiger partial charge in [0.2, 0.25) is 0 Å². The van der Waals surface area contributed by atoms with Crippen molar-refractivity contribution in [2.45, 2.75) is 33.1 Å². The number of rotatable bonds is 4. The average Bonchev–Trinajstić information content (AvgIpc) is 2.36. The molecule has 0 bridgehead atoms. The second-order valence-electron chi connectivity index (χ2n) is 5.27. The molecular formula is C15H20O3. The van der Waals surface area contributed by atoms with Gasteiger partial charge in [0.25, 0.3) is 5.78 Å². The van der Waals surface area contributed by atoms with Gasteiger partial charge in [0.15, 0.2) is 0 Å². The van der Waals surface area contributed by atoms with Crippen LogP contribution < -0.4 is 0 Å². The van der Waals surface area contributed by atoms with E-state index in [4.69, 9.17) is 0 Å². The first-order chi connectivity index (χ1) is 8.30. The van der Waals surface area contributed by atoms with E-state index in [1.165, 1.54) is 7.11 Å². The monoisotopic (exact) mass is 248 g/mol. The summed E-state index contributed by atoms with van der Waals surface area (Å²) in [6.45, 7) is 8.64. The van der Waals surface area contributed by atoms with Crippen molar-refractivity contribution >= 4 is 11.8 Å². The second-order valence-corrected chi connectivity index (χ2v) is 5.27. The van der Waals surface area contributed by atoms with E-state index in [9.17, 15) is 9.59 Å². The van der Waals surface area contributed by atoms with Crippen LogP contribution in [0.3, 0.4) is 0 Å². The van der Waals surface area contributed by atoms with Gasteiger partial charge in [-0.25, -0.2) is 4.79 Å². The zero-order valence-electron chi connectivity index (χ0n) is 11.6. The number of esters is 1. The number of hydrogen-bond donors (Lipinski definition) is 0. The van der Waals surface area contributed by atoms with E-state index < -0.39 is 11.8 Å². The summed E-state index contributed by atoms with van der Waals surface area (Å²) in [7, 11) is 1.20. The standard InChI is InChI=1S/C15H20O3/c1-10(2)15(3,4)12-8-6-11(7-9-12)13(16)14(17)18-5/h6-10H,1-5H3. The number of benzene rings is 1. The predicted molar refractivity (Wildman–Crippen MR) is 70.7 cm³/mol. The molecular weight excluding hydrogens is 228 g/mol. The molecule has 0 N–H and O–H groups in total. The van der Waals surface area contributed by atoms with Gasteiger partial charge < -0.3 is 4.74 Å². The summed E-state index contributed by atoms with van der Waals surface area (Å²) < 4.78 is 4.41. The number of carbonyl (C=O) groups is 2. The summed E-state index contributed by atoms with van der Waals surface area (Å²) in [6, 6.07) is 7.16. The topological polar surface area (TPSA) is 43.4 Å². The molecule has 0 heterocycles. The van der Waals surface area contributed by atoms with Crippen molar-refractivity contribution in [2.24, 2.45) is 5.92 Å². The third-order valence-corrected chi connectivity index (χ3v) is 3.71. The number of hydrogen-bond acceptors (Lipinski definition) is 3. The van der Waals surface area contributed by atoms with Gasteiger partial charge >= 0.3 is 5.97 Å². The molecule has 0 aliphatic heterocycles. The Hall–Kier alpha value is -1.64. The lowest BCUT2D eigenvalue weighted by atomic mass is 9.75. The van der Waals surface area contributed by atoms with E-state index in [0.29, 0.717) is 11.5 Å². The number of Topliss-reactive ketones (excluding diaryl/α,β-unsaturated/α-hetero) is 1. The lowest BCUT2D eigenvalue weighted by molar-refractivity contribution is -0.135. The Balaban J connectivity index is 3.00. The van der Waals surface area contributed by atoms with E-state index in [0.717, 1.165) is 5.56 Å². The Bertz CT molecular complexity index is 441. The fourth-order valence-corrected chi connectivity index (χ4v) is 1.60. The van der Waals surface area contributed by atoms with Crippen molar-refractivity contribution in [3.63, 3.8) is 0 Å². The van der Waals surface area contributed by atoms with E-state index in [2.05, 4.69) is 32.4 Å². The summed E-state index contributed by atoms with van der Waals surface area (Å²) in [5, 5.41) is 0. The van der Waals surface area contributed by atoms with Crippen LogP contribution >= 0.6 is 0 Å². The van der Waals surface area contributed by atoms with Gasteiger partial charge in [0.1, 0.15) is 0 Å². The van der Waals surface area contributed by atoms with Crippen LogP contribution in [0.15, 0.2) is 24.3 Å². The number of methoxy groups -OCH3 is 1. The zero-order chi connectivity index (χ0) is 13.9. The van der Waals surface area contributed by atoms with Gasteiger partial charge in [-0.1, -0.05) is 52.0 Å². The Labute approximate surface area is 108 Å². The van der Waals surface area contributed by atoms with E-state index in [1.54, 1.807) is 12.1 Å².